The number of carbonyl (C=O) groups excluding carboxylic acids is 2. The maximum atomic E-state index is 14.6. The van der Waals surface area contributed by atoms with Crippen molar-refractivity contribution in [1.29, 1.82) is 0 Å². The second kappa shape index (κ2) is 12.8. The second-order valence-electron chi connectivity index (χ2n) is 8.65. The van der Waals surface area contributed by atoms with Gasteiger partial charge in [-0.25, -0.2) is 18.2 Å². The summed E-state index contributed by atoms with van der Waals surface area (Å²) >= 11 is 0. The molecule has 3 aromatic carbocycles. The topological polar surface area (TPSA) is 117 Å². The molecule has 2 amide bonds. The minimum absolute atomic E-state index is 0.0152. The number of carbonyl (C=O) groups is 2. The molecule has 0 aliphatic carbocycles. The lowest BCUT2D eigenvalue weighted by molar-refractivity contribution is -0.123. The fraction of sp³-hybridized carbons (Fsp3) is 0.222. The Morgan fingerprint density at radius 3 is 2.29 bits per heavy atom. The van der Waals surface area contributed by atoms with Gasteiger partial charge in [-0.2, -0.15) is 5.10 Å². The van der Waals surface area contributed by atoms with Crippen molar-refractivity contribution in [3.8, 4) is 5.75 Å². The molecule has 0 unspecified atom stereocenters. The van der Waals surface area contributed by atoms with E-state index in [4.69, 9.17) is 4.74 Å². The Morgan fingerprint density at radius 1 is 1.00 bits per heavy atom. The van der Waals surface area contributed by atoms with Gasteiger partial charge in [-0.1, -0.05) is 29.8 Å². The van der Waals surface area contributed by atoms with Crippen LogP contribution in [0.2, 0.25) is 0 Å². The molecule has 2 N–H and O–H groups in total. The number of amides is 2. The fourth-order valence-corrected chi connectivity index (χ4v) is 4.73. The summed E-state index contributed by atoms with van der Waals surface area (Å²) in [6.07, 6.45) is 1.36. The summed E-state index contributed by atoms with van der Waals surface area (Å²) in [6, 6.07) is 18.0. The van der Waals surface area contributed by atoms with Crippen LogP contribution in [0.25, 0.3) is 0 Å². The SMILES string of the molecule is Cc1ccc(S(=O)(=O)N(CC(=O)N/N=C\c2ccc(OCC(=O)NC(C)C)cc2)c2ccccc2F)cc1. The number of hydrogen-bond donors (Lipinski definition) is 2. The molecule has 0 bridgehead atoms. The third-order valence-corrected chi connectivity index (χ3v) is 6.89. The molecule has 3 rings (SSSR count). The highest BCUT2D eigenvalue weighted by molar-refractivity contribution is 7.92. The van der Waals surface area contributed by atoms with Crippen LogP contribution in [0.5, 0.6) is 5.75 Å². The monoisotopic (exact) mass is 540 g/mol. The lowest BCUT2D eigenvalue weighted by Gasteiger charge is -2.24. The van der Waals surface area contributed by atoms with Gasteiger partial charge in [0.05, 0.1) is 16.8 Å². The Hall–Kier alpha value is -4.25. The fourth-order valence-electron chi connectivity index (χ4n) is 3.30. The van der Waals surface area contributed by atoms with Crippen molar-refractivity contribution < 1.29 is 27.1 Å². The number of rotatable bonds is 11. The molecule has 0 radical (unpaired) electrons. The second-order valence-corrected chi connectivity index (χ2v) is 10.5. The molecule has 3 aromatic rings. The molecule has 0 spiro atoms. The average molecular weight is 541 g/mol. The van der Waals surface area contributed by atoms with Gasteiger partial charge in [-0.05, 0) is 74.9 Å². The predicted octanol–water partition coefficient (Wildman–Crippen LogP) is 3.38. The number of benzene rings is 3. The molecule has 0 saturated carbocycles. The first-order valence-electron chi connectivity index (χ1n) is 11.7. The van der Waals surface area contributed by atoms with Gasteiger partial charge in [0.25, 0.3) is 21.8 Å². The number of para-hydroxylation sites is 1. The standard InChI is InChI=1S/C27H29FN4O5S/c1-19(2)30-27(34)18-37-22-12-10-21(11-13-22)16-29-31-26(33)17-32(25-7-5-4-6-24(25)28)38(35,36)23-14-8-20(3)9-15-23/h4-16,19H,17-18H2,1-3H3,(H,30,34)(H,31,33)/b29-16-. The largest absolute Gasteiger partial charge is 0.484 e. The Morgan fingerprint density at radius 2 is 1.66 bits per heavy atom. The van der Waals surface area contributed by atoms with E-state index in [0.717, 1.165) is 11.6 Å². The van der Waals surface area contributed by atoms with Crippen molar-refractivity contribution >= 4 is 33.7 Å². The third-order valence-electron chi connectivity index (χ3n) is 5.12. The van der Waals surface area contributed by atoms with Crippen LogP contribution in [-0.2, 0) is 19.6 Å². The quantitative estimate of drug-likeness (QED) is 0.286. The van der Waals surface area contributed by atoms with E-state index in [1.807, 2.05) is 20.8 Å². The molecule has 200 valence electrons. The molecular formula is C27H29FN4O5S. The lowest BCUT2D eigenvalue weighted by atomic mass is 10.2. The van der Waals surface area contributed by atoms with Gasteiger partial charge in [0, 0.05) is 6.04 Å². The molecule has 0 aliphatic rings. The number of sulfonamides is 1. The van der Waals surface area contributed by atoms with E-state index in [1.54, 1.807) is 36.4 Å². The van der Waals surface area contributed by atoms with Crippen LogP contribution >= 0.6 is 0 Å². The molecule has 0 saturated heterocycles. The maximum absolute atomic E-state index is 14.6. The summed E-state index contributed by atoms with van der Waals surface area (Å²) in [4.78, 5) is 24.2. The summed E-state index contributed by atoms with van der Waals surface area (Å²) in [5.74, 6) is -1.31. The first kappa shape index (κ1) is 28.3. The van der Waals surface area contributed by atoms with Gasteiger partial charge in [0.1, 0.15) is 18.1 Å². The van der Waals surface area contributed by atoms with E-state index >= 15 is 0 Å². The minimum atomic E-state index is -4.25. The first-order valence-corrected chi connectivity index (χ1v) is 13.2. The number of nitrogens with one attached hydrogen (secondary N) is 2. The first-order chi connectivity index (χ1) is 18.1. The Bertz CT molecular complexity index is 1390. The van der Waals surface area contributed by atoms with Crippen LogP contribution in [0.4, 0.5) is 10.1 Å². The summed E-state index contributed by atoms with van der Waals surface area (Å²) in [7, 11) is -4.25. The predicted molar refractivity (Wildman–Crippen MR) is 143 cm³/mol. The van der Waals surface area contributed by atoms with E-state index in [9.17, 15) is 22.4 Å². The zero-order valence-corrected chi connectivity index (χ0v) is 22.0. The van der Waals surface area contributed by atoms with Crippen molar-refractivity contribution in [3.05, 3.63) is 89.7 Å². The van der Waals surface area contributed by atoms with Crippen LogP contribution in [0.1, 0.15) is 25.0 Å². The van der Waals surface area contributed by atoms with Crippen molar-refractivity contribution in [2.45, 2.75) is 31.7 Å². The maximum Gasteiger partial charge on any atom is 0.264 e. The molecule has 0 heterocycles. The molecule has 0 fully saturated rings. The van der Waals surface area contributed by atoms with Crippen LogP contribution < -0.4 is 19.8 Å². The van der Waals surface area contributed by atoms with Crippen molar-refractivity contribution in [3.63, 3.8) is 0 Å². The Balaban J connectivity index is 1.67. The number of hydrogen-bond acceptors (Lipinski definition) is 6. The van der Waals surface area contributed by atoms with E-state index in [0.29, 0.717) is 15.6 Å². The Labute approximate surface area is 221 Å². The highest BCUT2D eigenvalue weighted by Gasteiger charge is 2.29. The van der Waals surface area contributed by atoms with Crippen LogP contribution in [0.15, 0.2) is 82.8 Å². The van der Waals surface area contributed by atoms with Gasteiger partial charge in [0.2, 0.25) is 0 Å². The average Bonchev–Trinajstić information content (AvgIpc) is 2.87. The van der Waals surface area contributed by atoms with Crippen LogP contribution in [0, 0.1) is 12.7 Å². The number of ether oxygens (including phenoxy) is 1. The molecule has 9 nitrogen and oxygen atoms in total. The van der Waals surface area contributed by atoms with E-state index in [-0.39, 0.29) is 29.1 Å². The van der Waals surface area contributed by atoms with Gasteiger partial charge in [-0.3, -0.25) is 13.9 Å². The van der Waals surface area contributed by atoms with E-state index in [1.165, 1.54) is 36.5 Å². The number of anilines is 1. The normalized spacial score (nSPS) is 11.4. The smallest absolute Gasteiger partial charge is 0.264 e. The van der Waals surface area contributed by atoms with Crippen molar-refractivity contribution in [2.75, 3.05) is 17.5 Å². The van der Waals surface area contributed by atoms with E-state index in [2.05, 4.69) is 15.8 Å². The van der Waals surface area contributed by atoms with Gasteiger partial charge >= 0.3 is 0 Å². The Kier molecular flexibility index (Phi) is 9.55. The minimum Gasteiger partial charge on any atom is -0.484 e. The van der Waals surface area contributed by atoms with Gasteiger partial charge in [0.15, 0.2) is 6.61 Å². The molecule has 0 aromatic heterocycles. The van der Waals surface area contributed by atoms with E-state index < -0.39 is 28.3 Å². The number of nitrogens with zero attached hydrogens (tertiary/aromatic N) is 2. The number of halogens is 1. The number of hydrazone groups is 1. The molecule has 0 aliphatic heterocycles. The summed E-state index contributed by atoms with van der Waals surface area (Å²) in [6.45, 7) is 4.70. The summed E-state index contributed by atoms with van der Waals surface area (Å²) < 4.78 is 47.3. The molecular weight excluding hydrogens is 511 g/mol. The summed E-state index contributed by atoms with van der Waals surface area (Å²) in [5, 5.41) is 6.59. The molecule has 0 atom stereocenters. The van der Waals surface area contributed by atoms with Gasteiger partial charge < -0.3 is 10.1 Å². The van der Waals surface area contributed by atoms with Crippen molar-refractivity contribution in [1.82, 2.24) is 10.7 Å². The highest BCUT2D eigenvalue weighted by atomic mass is 32.2. The molecule has 11 heteroatoms. The van der Waals surface area contributed by atoms with Gasteiger partial charge in [-0.15, -0.1) is 0 Å². The number of aryl methyl sites for hydroxylation is 1. The van der Waals surface area contributed by atoms with Crippen LogP contribution in [-0.4, -0.2) is 45.6 Å². The zero-order valence-electron chi connectivity index (χ0n) is 21.2. The molecule has 38 heavy (non-hydrogen) atoms. The zero-order chi connectivity index (χ0) is 27.7. The lowest BCUT2D eigenvalue weighted by Crippen LogP contribution is -2.40. The highest BCUT2D eigenvalue weighted by Crippen LogP contribution is 2.26. The summed E-state index contributed by atoms with van der Waals surface area (Å²) in [5.41, 5.74) is 3.48. The van der Waals surface area contributed by atoms with Crippen molar-refractivity contribution in [2.24, 2.45) is 5.10 Å². The third kappa shape index (κ3) is 7.87. The van der Waals surface area contributed by atoms with Crippen LogP contribution in [0.3, 0.4) is 0 Å².